The lowest BCUT2D eigenvalue weighted by Crippen LogP contribution is -3.19. The first-order valence-corrected chi connectivity index (χ1v) is 9.71. The van der Waals surface area contributed by atoms with Crippen molar-refractivity contribution >= 4 is 33.6 Å². The SMILES string of the molecule is CNC(=O)NC(=O)[C@@H](C)[NH+]1CCN(S(=O)(=O)c2ccccc2Cl)CC1. The van der Waals surface area contributed by atoms with Crippen LogP contribution in [0.15, 0.2) is 29.2 Å². The third-order valence-corrected chi connectivity index (χ3v) is 6.69. The lowest BCUT2D eigenvalue weighted by Gasteiger charge is -2.34. The van der Waals surface area contributed by atoms with E-state index >= 15 is 0 Å². The Labute approximate surface area is 152 Å². The second-order valence-corrected chi connectivity index (χ2v) is 8.10. The van der Waals surface area contributed by atoms with Crippen molar-refractivity contribution in [3.05, 3.63) is 29.3 Å². The summed E-state index contributed by atoms with van der Waals surface area (Å²) in [4.78, 5) is 24.3. The number of urea groups is 1. The quantitative estimate of drug-likeness (QED) is 0.619. The van der Waals surface area contributed by atoms with Crippen LogP contribution >= 0.6 is 11.6 Å². The largest absolute Gasteiger partial charge is 0.341 e. The van der Waals surface area contributed by atoms with Crippen LogP contribution in [-0.4, -0.2) is 63.9 Å². The molecule has 0 aliphatic carbocycles. The molecule has 8 nitrogen and oxygen atoms in total. The number of quaternary nitrogens is 1. The molecule has 1 aliphatic rings. The zero-order valence-electron chi connectivity index (χ0n) is 14.1. The van der Waals surface area contributed by atoms with Gasteiger partial charge in [-0.15, -0.1) is 0 Å². The Kier molecular flexibility index (Phi) is 6.39. The monoisotopic (exact) mass is 389 g/mol. The van der Waals surface area contributed by atoms with Gasteiger partial charge in [0.05, 0.1) is 31.2 Å². The standard InChI is InChI=1S/C15H21ClN4O4S/c1-11(14(21)18-15(22)17-2)19-7-9-20(10-8-19)25(23,24)13-6-4-3-5-12(13)16/h3-6,11H,7-10H2,1-2H3,(H2,17,18,21,22)/p+1/t11-/m1/s1. The van der Waals surface area contributed by atoms with Crippen LogP contribution in [0.5, 0.6) is 0 Å². The zero-order chi connectivity index (χ0) is 18.6. The van der Waals surface area contributed by atoms with Crippen molar-refractivity contribution in [1.29, 1.82) is 0 Å². The van der Waals surface area contributed by atoms with E-state index in [0.29, 0.717) is 13.1 Å². The van der Waals surface area contributed by atoms with E-state index in [2.05, 4.69) is 10.6 Å². The molecular formula is C15H22ClN4O4S+. The third kappa shape index (κ3) is 4.49. The summed E-state index contributed by atoms with van der Waals surface area (Å²) in [6.07, 6.45) is 0. The smallest absolute Gasteiger partial charge is 0.321 e. The van der Waals surface area contributed by atoms with Gasteiger partial charge in [0.2, 0.25) is 10.0 Å². The molecule has 1 fully saturated rings. The van der Waals surface area contributed by atoms with Gasteiger partial charge in [0.15, 0.2) is 6.04 Å². The average Bonchev–Trinajstić information content (AvgIpc) is 2.61. The van der Waals surface area contributed by atoms with Crippen molar-refractivity contribution in [1.82, 2.24) is 14.9 Å². The fourth-order valence-corrected chi connectivity index (χ4v) is 4.64. The molecule has 3 amide bonds. The number of sulfonamides is 1. The maximum absolute atomic E-state index is 12.7. The summed E-state index contributed by atoms with van der Waals surface area (Å²) in [5, 5.41) is 4.76. The highest BCUT2D eigenvalue weighted by Gasteiger charge is 2.35. The summed E-state index contributed by atoms with van der Waals surface area (Å²) in [5.74, 6) is -0.392. The third-order valence-electron chi connectivity index (χ3n) is 4.29. The minimum atomic E-state index is -3.66. The highest BCUT2D eigenvalue weighted by atomic mass is 35.5. The molecule has 25 heavy (non-hydrogen) atoms. The molecule has 10 heteroatoms. The Hall–Kier alpha value is -1.68. The number of hydrogen-bond acceptors (Lipinski definition) is 4. The lowest BCUT2D eigenvalue weighted by molar-refractivity contribution is -0.917. The number of hydrogen-bond donors (Lipinski definition) is 3. The lowest BCUT2D eigenvalue weighted by atomic mass is 10.2. The van der Waals surface area contributed by atoms with E-state index < -0.39 is 28.0 Å². The van der Waals surface area contributed by atoms with E-state index in [1.807, 2.05) is 0 Å². The topological polar surface area (TPSA) is 100 Å². The maximum Gasteiger partial charge on any atom is 0.321 e. The van der Waals surface area contributed by atoms with Gasteiger partial charge in [-0.1, -0.05) is 23.7 Å². The van der Waals surface area contributed by atoms with Crippen LogP contribution in [0, 0.1) is 0 Å². The van der Waals surface area contributed by atoms with Crippen LogP contribution in [-0.2, 0) is 14.8 Å². The summed E-state index contributed by atoms with van der Waals surface area (Å²) in [5.41, 5.74) is 0. The van der Waals surface area contributed by atoms with Crippen LogP contribution in [0.4, 0.5) is 4.79 Å². The number of rotatable bonds is 4. The molecule has 1 atom stereocenters. The van der Waals surface area contributed by atoms with Gasteiger partial charge in [0, 0.05) is 7.05 Å². The van der Waals surface area contributed by atoms with Gasteiger partial charge in [0.25, 0.3) is 5.91 Å². The maximum atomic E-state index is 12.7. The number of piperazine rings is 1. The van der Waals surface area contributed by atoms with Gasteiger partial charge in [-0.25, -0.2) is 13.2 Å². The van der Waals surface area contributed by atoms with Crippen LogP contribution < -0.4 is 15.5 Å². The molecule has 1 heterocycles. The zero-order valence-corrected chi connectivity index (χ0v) is 15.7. The first-order valence-electron chi connectivity index (χ1n) is 7.89. The van der Waals surface area contributed by atoms with Crippen molar-refractivity contribution in [2.24, 2.45) is 0 Å². The van der Waals surface area contributed by atoms with E-state index in [0.717, 1.165) is 4.90 Å². The van der Waals surface area contributed by atoms with E-state index in [1.54, 1.807) is 25.1 Å². The molecule has 1 aromatic carbocycles. The summed E-state index contributed by atoms with van der Waals surface area (Å²) >= 11 is 6.01. The summed E-state index contributed by atoms with van der Waals surface area (Å²) in [6.45, 7) is 3.20. The highest BCUT2D eigenvalue weighted by molar-refractivity contribution is 7.89. The van der Waals surface area contributed by atoms with Gasteiger partial charge in [-0.3, -0.25) is 10.1 Å². The molecule has 0 spiro atoms. The Morgan fingerprint density at radius 2 is 1.84 bits per heavy atom. The van der Waals surface area contributed by atoms with E-state index in [-0.39, 0.29) is 23.0 Å². The van der Waals surface area contributed by atoms with Gasteiger partial charge in [0.1, 0.15) is 4.90 Å². The van der Waals surface area contributed by atoms with Gasteiger partial charge >= 0.3 is 6.03 Å². The number of nitrogens with zero attached hydrogens (tertiary/aromatic N) is 1. The highest BCUT2D eigenvalue weighted by Crippen LogP contribution is 2.24. The summed E-state index contributed by atoms with van der Waals surface area (Å²) in [7, 11) is -2.23. The molecule has 138 valence electrons. The number of imide groups is 1. The van der Waals surface area contributed by atoms with Gasteiger partial charge in [-0.2, -0.15) is 4.31 Å². The minimum absolute atomic E-state index is 0.0884. The Bertz CT molecular complexity index is 748. The van der Waals surface area contributed by atoms with Gasteiger partial charge in [-0.05, 0) is 19.1 Å². The van der Waals surface area contributed by atoms with E-state index in [1.165, 1.54) is 17.4 Å². The van der Waals surface area contributed by atoms with Crippen molar-refractivity contribution in [2.45, 2.75) is 17.9 Å². The molecule has 3 N–H and O–H groups in total. The molecule has 0 unspecified atom stereocenters. The predicted octanol–water partition coefficient (Wildman–Crippen LogP) is -0.927. The number of benzene rings is 1. The van der Waals surface area contributed by atoms with E-state index in [4.69, 9.17) is 11.6 Å². The molecular weight excluding hydrogens is 368 g/mol. The molecule has 0 bridgehead atoms. The average molecular weight is 390 g/mol. The summed E-state index contributed by atoms with van der Waals surface area (Å²) < 4.78 is 26.8. The second-order valence-electron chi connectivity index (χ2n) is 5.78. The molecule has 0 aromatic heterocycles. The normalized spacial score (nSPS) is 17.7. The fourth-order valence-electron chi connectivity index (χ4n) is 2.71. The molecule has 1 aliphatic heterocycles. The number of carbonyl (C=O) groups excluding carboxylic acids is 2. The summed E-state index contributed by atoms with van der Waals surface area (Å²) in [6, 6.07) is 5.32. The molecule has 1 saturated heterocycles. The predicted molar refractivity (Wildman–Crippen MR) is 93.0 cm³/mol. The van der Waals surface area contributed by atoms with Crippen molar-refractivity contribution in [3.63, 3.8) is 0 Å². The first kappa shape index (κ1) is 19.6. The van der Waals surface area contributed by atoms with Crippen molar-refractivity contribution < 1.29 is 22.9 Å². The molecule has 0 saturated carbocycles. The van der Waals surface area contributed by atoms with Crippen LogP contribution in [0.3, 0.4) is 0 Å². The number of carbonyl (C=O) groups is 2. The van der Waals surface area contributed by atoms with Crippen LogP contribution in [0.2, 0.25) is 5.02 Å². The second kappa shape index (κ2) is 8.13. The minimum Gasteiger partial charge on any atom is -0.341 e. The number of amides is 3. The Morgan fingerprint density at radius 1 is 1.24 bits per heavy atom. The van der Waals surface area contributed by atoms with Crippen LogP contribution in [0.1, 0.15) is 6.92 Å². The molecule has 1 aromatic rings. The fraction of sp³-hybridized carbons (Fsp3) is 0.467. The molecule has 0 radical (unpaired) electrons. The van der Waals surface area contributed by atoms with Crippen LogP contribution in [0.25, 0.3) is 0 Å². The Balaban J connectivity index is 2.01. The molecule has 2 rings (SSSR count). The Morgan fingerprint density at radius 3 is 2.40 bits per heavy atom. The number of halogens is 1. The first-order chi connectivity index (χ1) is 11.8. The van der Waals surface area contributed by atoms with E-state index in [9.17, 15) is 18.0 Å². The van der Waals surface area contributed by atoms with Crippen molar-refractivity contribution in [3.8, 4) is 0 Å². The van der Waals surface area contributed by atoms with Gasteiger partial charge < -0.3 is 10.2 Å². The van der Waals surface area contributed by atoms with Crippen molar-refractivity contribution in [2.75, 3.05) is 33.2 Å². The number of nitrogens with one attached hydrogen (secondary N) is 3.